The molecule has 3 nitrogen and oxygen atoms in total. The van der Waals surface area contributed by atoms with Gasteiger partial charge < -0.3 is 9.84 Å². The van der Waals surface area contributed by atoms with Gasteiger partial charge in [-0.1, -0.05) is 6.92 Å². The molecule has 0 rings (SSSR count). The molecule has 1 N–H and O–H groups in total. The zero-order valence-corrected chi connectivity index (χ0v) is 11.1. The summed E-state index contributed by atoms with van der Waals surface area (Å²) in [5.41, 5.74) is -0.422. The van der Waals surface area contributed by atoms with Crippen molar-refractivity contribution in [1.82, 2.24) is 0 Å². The summed E-state index contributed by atoms with van der Waals surface area (Å²) in [6.45, 7) is 9.53. The van der Waals surface area contributed by atoms with Crippen molar-refractivity contribution in [3.8, 4) is 0 Å². The van der Waals surface area contributed by atoms with E-state index in [2.05, 4.69) is 0 Å². The maximum atomic E-state index is 11.6. The molecular formula is C11H22O3S. The Morgan fingerprint density at radius 3 is 2.33 bits per heavy atom. The number of carbonyl (C=O) groups excluding carboxylic acids is 1. The van der Waals surface area contributed by atoms with Crippen LogP contribution in [0.1, 0.15) is 34.6 Å². The van der Waals surface area contributed by atoms with E-state index >= 15 is 0 Å². The predicted octanol–water partition coefficient (Wildman–Crippen LogP) is 2.08. The fourth-order valence-electron chi connectivity index (χ4n) is 0.814. The third-order valence-corrected chi connectivity index (χ3v) is 3.14. The summed E-state index contributed by atoms with van der Waals surface area (Å²) in [6.07, 6.45) is 0. The van der Waals surface area contributed by atoms with Gasteiger partial charge in [0.2, 0.25) is 0 Å². The lowest BCUT2D eigenvalue weighted by molar-refractivity contribution is -0.153. The zero-order valence-electron chi connectivity index (χ0n) is 10.2. The van der Waals surface area contributed by atoms with Crippen LogP contribution in [-0.2, 0) is 9.53 Å². The van der Waals surface area contributed by atoms with Gasteiger partial charge in [0.05, 0.1) is 5.25 Å². The van der Waals surface area contributed by atoms with E-state index in [9.17, 15) is 4.79 Å². The van der Waals surface area contributed by atoms with Gasteiger partial charge in [0.25, 0.3) is 0 Å². The number of hydrogen-bond acceptors (Lipinski definition) is 4. The first-order valence-electron chi connectivity index (χ1n) is 5.21. The summed E-state index contributed by atoms with van der Waals surface area (Å²) in [4.78, 5) is 11.6. The maximum absolute atomic E-state index is 11.6. The Morgan fingerprint density at radius 1 is 1.40 bits per heavy atom. The number of rotatable bonds is 5. The number of carbonyl (C=O) groups is 1. The molecule has 15 heavy (non-hydrogen) atoms. The first-order chi connectivity index (χ1) is 6.76. The highest BCUT2D eigenvalue weighted by molar-refractivity contribution is 8.00. The third-order valence-electron chi connectivity index (χ3n) is 1.68. The summed E-state index contributed by atoms with van der Waals surface area (Å²) < 4.78 is 5.24. The number of hydrogen-bond donors (Lipinski definition) is 1. The van der Waals surface area contributed by atoms with Crippen molar-refractivity contribution in [3.05, 3.63) is 0 Å². The van der Waals surface area contributed by atoms with Crippen LogP contribution in [0, 0.1) is 5.92 Å². The van der Waals surface area contributed by atoms with Crippen molar-refractivity contribution in [2.24, 2.45) is 5.92 Å². The largest absolute Gasteiger partial charge is 0.459 e. The molecule has 0 bridgehead atoms. The average Bonchev–Trinajstić information content (AvgIpc) is 2.10. The number of ether oxygens (including phenoxy) is 1. The first kappa shape index (κ1) is 14.8. The highest BCUT2D eigenvalue weighted by Gasteiger charge is 2.22. The normalized spacial score (nSPS) is 15.9. The molecule has 0 spiro atoms. The maximum Gasteiger partial charge on any atom is 0.319 e. The van der Waals surface area contributed by atoms with Crippen LogP contribution in [0.3, 0.4) is 0 Å². The van der Waals surface area contributed by atoms with E-state index in [-0.39, 0.29) is 23.7 Å². The predicted molar refractivity (Wildman–Crippen MR) is 64.0 cm³/mol. The molecule has 0 aliphatic rings. The monoisotopic (exact) mass is 234 g/mol. The minimum atomic E-state index is -0.422. The van der Waals surface area contributed by atoms with Crippen molar-refractivity contribution >= 4 is 17.7 Å². The van der Waals surface area contributed by atoms with Crippen LogP contribution >= 0.6 is 11.8 Å². The molecule has 0 aliphatic carbocycles. The van der Waals surface area contributed by atoms with E-state index in [1.807, 2.05) is 34.6 Å². The fourth-order valence-corrected chi connectivity index (χ4v) is 1.72. The summed E-state index contributed by atoms with van der Waals surface area (Å²) >= 11 is 1.52. The average molecular weight is 234 g/mol. The Labute approximate surface area is 96.6 Å². The molecule has 0 saturated heterocycles. The second-order valence-corrected chi connectivity index (χ2v) is 6.17. The van der Waals surface area contributed by atoms with Crippen LogP contribution in [-0.4, -0.2) is 34.3 Å². The van der Waals surface area contributed by atoms with Crippen LogP contribution in [0.2, 0.25) is 0 Å². The highest BCUT2D eigenvalue weighted by atomic mass is 32.2. The van der Waals surface area contributed by atoms with E-state index in [0.29, 0.717) is 0 Å². The topological polar surface area (TPSA) is 46.5 Å². The van der Waals surface area contributed by atoms with Crippen LogP contribution < -0.4 is 0 Å². The quantitative estimate of drug-likeness (QED) is 0.740. The lowest BCUT2D eigenvalue weighted by Gasteiger charge is -2.22. The molecule has 0 radical (unpaired) electrons. The molecule has 0 aromatic rings. The molecule has 2 unspecified atom stereocenters. The summed E-state index contributed by atoms with van der Waals surface area (Å²) in [7, 11) is 0. The van der Waals surface area contributed by atoms with Gasteiger partial charge >= 0.3 is 5.97 Å². The second-order valence-electron chi connectivity index (χ2n) is 4.80. The van der Waals surface area contributed by atoms with Crippen LogP contribution in [0.5, 0.6) is 0 Å². The summed E-state index contributed by atoms with van der Waals surface area (Å²) in [5.74, 6) is 0.814. The van der Waals surface area contributed by atoms with Crippen molar-refractivity contribution in [3.63, 3.8) is 0 Å². The van der Waals surface area contributed by atoms with E-state index < -0.39 is 5.60 Å². The number of aliphatic hydroxyl groups excluding tert-OH is 1. The summed E-state index contributed by atoms with van der Waals surface area (Å²) in [5, 5.41) is 8.67. The molecular weight excluding hydrogens is 212 g/mol. The van der Waals surface area contributed by atoms with Gasteiger partial charge in [0, 0.05) is 6.61 Å². The SMILES string of the molecule is CC(CO)CSC(C)C(=O)OC(C)(C)C. The van der Waals surface area contributed by atoms with Gasteiger partial charge in [-0.25, -0.2) is 0 Å². The first-order valence-corrected chi connectivity index (χ1v) is 6.26. The zero-order chi connectivity index (χ0) is 12.1. The number of aliphatic hydroxyl groups is 1. The van der Waals surface area contributed by atoms with Gasteiger partial charge in [0.1, 0.15) is 5.60 Å². The number of esters is 1. The standard InChI is InChI=1S/C11H22O3S/c1-8(6-12)7-15-9(2)10(13)14-11(3,4)5/h8-9,12H,6-7H2,1-5H3. The minimum absolute atomic E-state index is 0.161. The van der Waals surface area contributed by atoms with Crippen molar-refractivity contribution in [2.75, 3.05) is 12.4 Å². The van der Waals surface area contributed by atoms with E-state index in [4.69, 9.17) is 9.84 Å². The van der Waals surface area contributed by atoms with E-state index in [0.717, 1.165) is 5.75 Å². The molecule has 0 aliphatic heterocycles. The molecule has 0 heterocycles. The summed E-state index contributed by atoms with van der Waals surface area (Å²) in [6, 6.07) is 0. The Morgan fingerprint density at radius 2 is 1.93 bits per heavy atom. The van der Waals surface area contributed by atoms with Crippen LogP contribution in [0.4, 0.5) is 0 Å². The highest BCUT2D eigenvalue weighted by Crippen LogP contribution is 2.18. The van der Waals surface area contributed by atoms with Crippen molar-refractivity contribution in [2.45, 2.75) is 45.5 Å². The molecule has 4 heteroatoms. The van der Waals surface area contributed by atoms with Gasteiger partial charge in [-0.15, -0.1) is 11.8 Å². The molecule has 0 saturated carbocycles. The van der Waals surface area contributed by atoms with Gasteiger partial charge in [-0.3, -0.25) is 4.79 Å². The van der Waals surface area contributed by atoms with Gasteiger partial charge in [0.15, 0.2) is 0 Å². The smallest absolute Gasteiger partial charge is 0.319 e. The molecule has 0 aromatic carbocycles. The lowest BCUT2D eigenvalue weighted by Crippen LogP contribution is -2.29. The molecule has 0 fully saturated rings. The Bertz CT molecular complexity index is 198. The van der Waals surface area contributed by atoms with Crippen molar-refractivity contribution in [1.29, 1.82) is 0 Å². The van der Waals surface area contributed by atoms with Gasteiger partial charge in [-0.05, 0) is 39.4 Å². The van der Waals surface area contributed by atoms with Crippen molar-refractivity contribution < 1.29 is 14.6 Å². The molecule has 2 atom stereocenters. The Kier molecular flexibility index (Phi) is 6.29. The third kappa shape index (κ3) is 7.68. The van der Waals surface area contributed by atoms with E-state index in [1.54, 1.807) is 0 Å². The second kappa shape index (κ2) is 6.38. The lowest BCUT2D eigenvalue weighted by atomic mass is 10.2. The molecule has 0 amide bonds. The minimum Gasteiger partial charge on any atom is -0.459 e. The van der Waals surface area contributed by atoms with Crippen LogP contribution in [0.25, 0.3) is 0 Å². The number of thioether (sulfide) groups is 1. The van der Waals surface area contributed by atoms with Crippen LogP contribution in [0.15, 0.2) is 0 Å². The van der Waals surface area contributed by atoms with E-state index in [1.165, 1.54) is 11.8 Å². The Balaban J connectivity index is 3.90. The molecule has 0 aromatic heterocycles. The fraction of sp³-hybridized carbons (Fsp3) is 0.909. The molecule has 90 valence electrons. The van der Waals surface area contributed by atoms with Gasteiger partial charge in [-0.2, -0.15) is 0 Å². The Hall–Kier alpha value is -0.220.